The van der Waals surface area contributed by atoms with Gasteiger partial charge in [-0.2, -0.15) is 0 Å². The first-order chi connectivity index (χ1) is 10.0. The summed E-state index contributed by atoms with van der Waals surface area (Å²) in [7, 11) is 0. The highest BCUT2D eigenvalue weighted by atomic mass is 16.6. The van der Waals surface area contributed by atoms with Crippen LogP contribution in [0.4, 0.5) is 0 Å². The van der Waals surface area contributed by atoms with E-state index in [1.54, 1.807) is 0 Å². The Morgan fingerprint density at radius 3 is 1.68 bits per heavy atom. The monoisotopic (exact) mass is 306 g/mol. The molecule has 0 fully saturated rings. The molecule has 0 N–H and O–H groups in total. The second-order valence-electron chi connectivity index (χ2n) is 6.64. The predicted molar refractivity (Wildman–Crippen MR) is 85.3 cm³/mol. The van der Waals surface area contributed by atoms with Crippen molar-refractivity contribution in [3.05, 3.63) is 35.9 Å². The molecule has 0 aliphatic carbocycles. The van der Waals surface area contributed by atoms with Crippen molar-refractivity contribution in [2.24, 2.45) is 5.92 Å². The van der Waals surface area contributed by atoms with Gasteiger partial charge in [0.2, 0.25) is 0 Å². The lowest BCUT2D eigenvalue weighted by atomic mass is 9.74. The van der Waals surface area contributed by atoms with Crippen molar-refractivity contribution in [1.82, 2.24) is 0 Å². The van der Waals surface area contributed by atoms with Gasteiger partial charge in [-0.25, -0.2) is 0 Å². The average Bonchev–Trinajstić information content (AvgIpc) is 2.33. The first-order valence-electron chi connectivity index (χ1n) is 7.47. The summed E-state index contributed by atoms with van der Waals surface area (Å²) in [4.78, 5) is 22.9. The number of carbonyl (C=O) groups excluding carboxylic acids is 2. The van der Waals surface area contributed by atoms with Crippen LogP contribution in [0.1, 0.15) is 47.1 Å². The third kappa shape index (κ3) is 5.17. The topological polar surface area (TPSA) is 52.6 Å². The molecule has 0 aliphatic rings. The second-order valence-corrected chi connectivity index (χ2v) is 6.64. The lowest BCUT2D eigenvalue weighted by Crippen LogP contribution is -2.51. The molecule has 0 amide bonds. The average molecular weight is 306 g/mol. The number of ether oxygens (including phenoxy) is 2. The van der Waals surface area contributed by atoms with Crippen LogP contribution in [0.2, 0.25) is 0 Å². The zero-order valence-electron chi connectivity index (χ0n) is 14.3. The Labute approximate surface area is 132 Å². The fourth-order valence-corrected chi connectivity index (χ4v) is 3.06. The summed E-state index contributed by atoms with van der Waals surface area (Å²) in [5.41, 5.74) is -0.422. The van der Waals surface area contributed by atoms with E-state index in [0.29, 0.717) is 6.42 Å². The largest absolute Gasteiger partial charge is 0.459 e. The molecule has 0 atom stereocenters. The van der Waals surface area contributed by atoms with Crippen molar-refractivity contribution in [2.45, 2.75) is 59.2 Å². The molecule has 0 radical (unpaired) electrons. The summed E-state index contributed by atoms with van der Waals surface area (Å²) in [5.74, 6) is -0.876. The molecule has 4 heteroatoms. The minimum absolute atomic E-state index is 0.185. The van der Waals surface area contributed by atoms with Crippen LogP contribution in [0, 0.1) is 5.92 Å². The van der Waals surface area contributed by atoms with Crippen LogP contribution < -0.4 is 0 Å². The first kappa shape index (κ1) is 18.2. The fourth-order valence-electron chi connectivity index (χ4n) is 3.06. The van der Waals surface area contributed by atoms with Crippen LogP contribution in [0.5, 0.6) is 0 Å². The highest BCUT2D eigenvalue weighted by Gasteiger charge is 2.45. The molecule has 0 heterocycles. The number of hydrogen-bond donors (Lipinski definition) is 0. The lowest BCUT2D eigenvalue weighted by Gasteiger charge is -2.43. The number of carbonyl (C=O) groups is 2. The third-order valence-electron chi connectivity index (χ3n) is 3.77. The van der Waals surface area contributed by atoms with E-state index in [4.69, 9.17) is 9.47 Å². The second kappa shape index (κ2) is 6.95. The van der Waals surface area contributed by atoms with Crippen molar-refractivity contribution in [3.63, 3.8) is 0 Å². The van der Waals surface area contributed by atoms with Crippen molar-refractivity contribution >= 4 is 11.9 Å². The van der Waals surface area contributed by atoms with E-state index in [0.717, 1.165) is 5.56 Å². The molecule has 0 aliphatic heterocycles. The van der Waals surface area contributed by atoms with Gasteiger partial charge in [-0.15, -0.1) is 0 Å². The van der Waals surface area contributed by atoms with Gasteiger partial charge in [0.05, 0.1) is 0 Å². The maximum Gasteiger partial charge on any atom is 0.303 e. The smallest absolute Gasteiger partial charge is 0.303 e. The summed E-state index contributed by atoms with van der Waals surface area (Å²) < 4.78 is 11.0. The van der Waals surface area contributed by atoms with Gasteiger partial charge >= 0.3 is 11.9 Å². The molecule has 0 aromatic heterocycles. The number of esters is 2. The minimum Gasteiger partial charge on any atom is -0.459 e. The SMILES string of the molecule is CC(=O)OC(C)(C)C(Cc1ccccc1)C(C)(C)OC(C)=O. The molecule has 122 valence electrons. The van der Waals surface area contributed by atoms with Gasteiger partial charge in [0.1, 0.15) is 11.2 Å². The van der Waals surface area contributed by atoms with Crippen molar-refractivity contribution in [1.29, 1.82) is 0 Å². The van der Waals surface area contributed by atoms with Gasteiger partial charge in [-0.1, -0.05) is 30.3 Å². The Morgan fingerprint density at radius 1 is 0.909 bits per heavy atom. The lowest BCUT2D eigenvalue weighted by molar-refractivity contribution is -0.182. The van der Waals surface area contributed by atoms with E-state index in [1.807, 2.05) is 58.0 Å². The van der Waals surface area contributed by atoms with Gasteiger partial charge in [0.25, 0.3) is 0 Å². The van der Waals surface area contributed by atoms with Gasteiger partial charge in [-0.3, -0.25) is 9.59 Å². The Balaban J connectivity index is 3.14. The van der Waals surface area contributed by atoms with E-state index < -0.39 is 11.2 Å². The van der Waals surface area contributed by atoms with Gasteiger partial charge in [0.15, 0.2) is 0 Å². The van der Waals surface area contributed by atoms with Crippen LogP contribution in [0.25, 0.3) is 0 Å². The van der Waals surface area contributed by atoms with Crippen LogP contribution >= 0.6 is 0 Å². The van der Waals surface area contributed by atoms with Crippen molar-refractivity contribution < 1.29 is 19.1 Å². The number of hydrogen-bond acceptors (Lipinski definition) is 4. The standard InChI is InChI=1S/C18H26O4/c1-13(19)21-17(3,4)16(18(5,6)22-14(2)20)12-15-10-8-7-9-11-15/h7-11,16H,12H2,1-6H3. The molecule has 0 unspecified atom stereocenters. The summed E-state index contributed by atoms with van der Waals surface area (Å²) in [5, 5.41) is 0. The summed E-state index contributed by atoms with van der Waals surface area (Å²) in [6, 6.07) is 9.91. The molecule has 0 saturated carbocycles. The van der Waals surface area contributed by atoms with Crippen molar-refractivity contribution in [3.8, 4) is 0 Å². The molecular formula is C18H26O4. The van der Waals surface area contributed by atoms with Gasteiger partial charge in [0, 0.05) is 19.8 Å². The Bertz CT molecular complexity index is 489. The van der Waals surface area contributed by atoms with Crippen molar-refractivity contribution in [2.75, 3.05) is 0 Å². The Kier molecular flexibility index (Phi) is 5.75. The first-order valence-corrected chi connectivity index (χ1v) is 7.47. The highest BCUT2D eigenvalue weighted by Crippen LogP contribution is 2.36. The molecule has 0 saturated heterocycles. The van der Waals surface area contributed by atoms with Crippen LogP contribution in [0.3, 0.4) is 0 Å². The maximum absolute atomic E-state index is 11.4. The zero-order chi connectivity index (χ0) is 17.0. The minimum atomic E-state index is -0.763. The van der Waals surface area contributed by atoms with E-state index in [9.17, 15) is 9.59 Å². The Hall–Kier alpha value is -1.84. The maximum atomic E-state index is 11.4. The molecule has 22 heavy (non-hydrogen) atoms. The van der Waals surface area contributed by atoms with Gasteiger partial charge < -0.3 is 9.47 Å². The van der Waals surface area contributed by atoms with E-state index in [2.05, 4.69) is 0 Å². The molecular weight excluding hydrogens is 280 g/mol. The van der Waals surface area contributed by atoms with Crippen LogP contribution in [-0.4, -0.2) is 23.1 Å². The molecule has 1 rings (SSSR count). The number of rotatable bonds is 6. The molecule has 0 bridgehead atoms. The van der Waals surface area contributed by atoms with Crippen LogP contribution in [0.15, 0.2) is 30.3 Å². The predicted octanol–water partition coefficient (Wildman–Crippen LogP) is 3.53. The molecule has 1 aromatic carbocycles. The quantitative estimate of drug-likeness (QED) is 0.754. The highest BCUT2D eigenvalue weighted by molar-refractivity contribution is 5.67. The van der Waals surface area contributed by atoms with E-state index in [1.165, 1.54) is 13.8 Å². The normalized spacial score (nSPS) is 12.1. The number of benzene rings is 1. The summed E-state index contributed by atoms with van der Waals surface area (Å²) in [6.45, 7) is 10.2. The third-order valence-corrected chi connectivity index (χ3v) is 3.77. The van der Waals surface area contributed by atoms with E-state index >= 15 is 0 Å². The van der Waals surface area contributed by atoms with Crippen LogP contribution in [-0.2, 0) is 25.5 Å². The molecule has 1 aromatic rings. The van der Waals surface area contributed by atoms with E-state index in [-0.39, 0.29) is 17.9 Å². The zero-order valence-corrected chi connectivity index (χ0v) is 14.3. The summed E-state index contributed by atoms with van der Waals surface area (Å²) in [6.07, 6.45) is 0.640. The summed E-state index contributed by atoms with van der Waals surface area (Å²) >= 11 is 0. The fraction of sp³-hybridized carbons (Fsp3) is 0.556. The Morgan fingerprint density at radius 2 is 1.32 bits per heavy atom. The van der Waals surface area contributed by atoms with Gasteiger partial charge in [-0.05, 0) is 39.7 Å². The molecule has 4 nitrogen and oxygen atoms in total. The molecule has 0 spiro atoms.